The first-order valence-electron chi connectivity index (χ1n) is 8.88. The number of anilines is 2. The number of rotatable bonds is 5. The molecule has 0 spiro atoms. The first-order chi connectivity index (χ1) is 13.4. The maximum atomic E-state index is 14.1. The molecule has 1 heterocycles. The van der Waals surface area contributed by atoms with Gasteiger partial charge in [0.15, 0.2) is 0 Å². The second-order valence-electron chi connectivity index (χ2n) is 6.62. The standard InChI is InChI=1S/C20H21FN4O3/c21-15-5-1-2-6-16(15)25-11-3-4-14(20(25)28)17(26)19(27)24-13-9-7-12(8-10-13)18(22)23/h1-2,5-10,14,17,26H,3-4,11H2,(H3,22,23)(H,24,27). The second kappa shape index (κ2) is 8.18. The zero-order chi connectivity index (χ0) is 20.3. The molecule has 2 amide bonds. The Morgan fingerprint density at radius 3 is 2.57 bits per heavy atom. The molecule has 3 rings (SSSR count). The number of para-hydroxylation sites is 1. The Morgan fingerprint density at radius 1 is 1.25 bits per heavy atom. The average molecular weight is 384 g/mol. The first kappa shape index (κ1) is 19.5. The van der Waals surface area contributed by atoms with Gasteiger partial charge in [-0.05, 0) is 49.2 Å². The Kier molecular flexibility index (Phi) is 5.70. The lowest BCUT2D eigenvalue weighted by atomic mass is 9.90. The molecule has 8 heteroatoms. The molecule has 0 saturated carbocycles. The summed E-state index contributed by atoms with van der Waals surface area (Å²) in [7, 11) is 0. The van der Waals surface area contributed by atoms with Gasteiger partial charge in [-0.3, -0.25) is 15.0 Å². The van der Waals surface area contributed by atoms with E-state index in [4.69, 9.17) is 11.1 Å². The van der Waals surface area contributed by atoms with Crippen molar-refractivity contribution in [1.82, 2.24) is 0 Å². The summed E-state index contributed by atoms with van der Waals surface area (Å²) in [5.74, 6) is -2.78. The number of benzene rings is 2. The van der Waals surface area contributed by atoms with Crippen LogP contribution in [0, 0.1) is 17.1 Å². The number of amides is 2. The number of piperidine rings is 1. The quantitative estimate of drug-likeness (QED) is 0.464. The largest absolute Gasteiger partial charge is 0.384 e. The summed E-state index contributed by atoms with van der Waals surface area (Å²) in [5.41, 5.74) is 6.44. The van der Waals surface area contributed by atoms with Crippen LogP contribution in [-0.4, -0.2) is 35.4 Å². The van der Waals surface area contributed by atoms with Gasteiger partial charge in [0, 0.05) is 17.8 Å². The molecule has 28 heavy (non-hydrogen) atoms. The van der Waals surface area contributed by atoms with Gasteiger partial charge >= 0.3 is 0 Å². The summed E-state index contributed by atoms with van der Waals surface area (Å²) in [6, 6.07) is 12.2. The van der Waals surface area contributed by atoms with Crippen molar-refractivity contribution >= 4 is 29.0 Å². The van der Waals surface area contributed by atoms with Gasteiger partial charge in [0.25, 0.3) is 5.91 Å². The van der Waals surface area contributed by atoms with Gasteiger partial charge in [-0.25, -0.2) is 4.39 Å². The van der Waals surface area contributed by atoms with Crippen LogP contribution < -0.4 is 16.0 Å². The van der Waals surface area contributed by atoms with Crippen LogP contribution in [0.1, 0.15) is 18.4 Å². The predicted octanol–water partition coefficient (Wildman–Crippen LogP) is 1.85. The molecule has 2 aromatic carbocycles. The summed E-state index contributed by atoms with van der Waals surface area (Å²) >= 11 is 0. The number of halogens is 1. The number of carbonyl (C=O) groups is 2. The number of aliphatic hydroxyl groups excluding tert-OH is 1. The third kappa shape index (κ3) is 4.01. The lowest BCUT2D eigenvalue weighted by molar-refractivity contribution is -0.136. The van der Waals surface area contributed by atoms with Crippen LogP contribution in [0.15, 0.2) is 48.5 Å². The van der Waals surface area contributed by atoms with E-state index in [2.05, 4.69) is 5.32 Å². The molecule has 1 fully saturated rings. The van der Waals surface area contributed by atoms with Crippen LogP contribution in [0.2, 0.25) is 0 Å². The fraction of sp³-hybridized carbons (Fsp3) is 0.250. The molecule has 0 aliphatic carbocycles. The maximum Gasteiger partial charge on any atom is 0.254 e. The lowest BCUT2D eigenvalue weighted by Gasteiger charge is -2.34. The van der Waals surface area contributed by atoms with Crippen LogP contribution in [0.5, 0.6) is 0 Å². The fourth-order valence-electron chi connectivity index (χ4n) is 3.24. The average Bonchev–Trinajstić information content (AvgIpc) is 2.68. The highest BCUT2D eigenvalue weighted by molar-refractivity contribution is 6.02. The molecule has 5 N–H and O–H groups in total. The third-order valence-electron chi connectivity index (χ3n) is 4.74. The number of amidine groups is 1. The number of hydrogen-bond donors (Lipinski definition) is 4. The van der Waals surface area contributed by atoms with E-state index in [1.165, 1.54) is 23.1 Å². The van der Waals surface area contributed by atoms with Crippen LogP contribution in [0.4, 0.5) is 15.8 Å². The minimum absolute atomic E-state index is 0.0982. The van der Waals surface area contributed by atoms with Crippen molar-refractivity contribution in [2.75, 3.05) is 16.8 Å². The maximum absolute atomic E-state index is 14.1. The Hall–Kier alpha value is -3.26. The van der Waals surface area contributed by atoms with Gasteiger partial charge in [0.2, 0.25) is 5.91 Å². The number of carbonyl (C=O) groups excluding carboxylic acids is 2. The summed E-state index contributed by atoms with van der Waals surface area (Å²) in [5, 5.41) is 20.3. The summed E-state index contributed by atoms with van der Waals surface area (Å²) in [6.07, 6.45) is -0.682. The van der Waals surface area contributed by atoms with Crippen molar-refractivity contribution in [3.8, 4) is 0 Å². The van der Waals surface area contributed by atoms with E-state index in [0.29, 0.717) is 30.6 Å². The molecule has 1 aliphatic heterocycles. The summed E-state index contributed by atoms with van der Waals surface area (Å²) in [4.78, 5) is 26.5. The van der Waals surface area contributed by atoms with Crippen LogP contribution >= 0.6 is 0 Å². The molecular weight excluding hydrogens is 363 g/mol. The highest BCUT2D eigenvalue weighted by atomic mass is 19.1. The Morgan fingerprint density at radius 2 is 1.93 bits per heavy atom. The van der Waals surface area contributed by atoms with Crippen LogP contribution in [0.25, 0.3) is 0 Å². The molecule has 2 aromatic rings. The van der Waals surface area contributed by atoms with E-state index in [-0.39, 0.29) is 11.5 Å². The van der Waals surface area contributed by atoms with Gasteiger partial charge in [0.1, 0.15) is 17.8 Å². The number of nitrogens with two attached hydrogens (primary N) is 1. The highest BCUT2D eigenvalue weighted by Gasteiger charge is 2.38. The number of nitrogens with one attached hydrogen (secondary N) is 2. The van der Waals surface area contributed by atoms with Gasteiger partial charge < -0.3 is 21.1 Å². The van der Waals surface area contributed by atoms with Crippen molar-refractivity contribution in [3.05, 3.63) is 59.9 Å². The van der Waals surface area contributed by atoms with Crippen molar-refractivity contribution in [2.24, 2.45) is 11.7 Å². The second-order valence-corrected chi connectivity index (χ2v) is 6.62. The number of nitrogens with zero attached hydrogens (tertiary/aromatic N) is 1. The topological polar surface area (TPSA) is 120 Å². The monoisotopic (exact) mass is 384 g/mol. The van der Waals surface area contributed by atoms with Crippen LogP contribution in [0.3, 0.4) is 0 Å². The Bertz CT molecular complexity index is 901. The van der Waals surface area contributed by atoms with Gasteiger partial charge in [-0.15, -0.1) is 0 Å². The fourth-order valence-corrected chi connectivity index (χ4v) is 3.24. The zero-order valence-corrected chi connectivity index (χ0v) is 15.1. The minimum atomic E-state index is -1.56. The van der Waals surface area contributed by atoms with E-state index in [9.17, 15) is 19.1 Å². The minimum Gasteiger partial charge on any atom is -0.384 e. The molecule has 1 saturated heterocycles. The number of nitrogen functional groups attached to an aromatic ring is 1. The molecule has 1 aliphatic rings. The van der Waals surface area contributed by atoms with E-state index < -0.39 is 29.7 Å². The lowest BCUT2D eigenvalue weighted by Crippen LogP contribution is -2.49. The normalized spacial score (nSPS) is 17.9. The van der Waals surface area contributed by atoms with Crippen molar-refractivity contribution in [1.29, 1.82) is 5.41 Å². The molecule has 2 atom stereocenters. The third-order valence-corrected chi connectivity index (χ3v) is 4.74. The van der Waals surface area contributed by atoms with Crippen molar-refractivity contribution < 1.29 is 19.1 Å². The predicted molar refractivity (Wildman–Crippen MR) is 104 cm³/mol. The SMILES string of the molecule is N=C(N)c1ccc(NC(=O)C(O)C2CCCN(c3ccccc3F)C2=O)cc1. The van der Waals surface area contributed by atoms with E-state index in [0.717, 1.165) is 0 Å². The molecule has 0 bridgehead atoms. The number of hydrogen-bond acceptors (Lipinski definition) is 4. The Labute approximate surface area is 161 Å². The number of aliphatic hydroxyl groups is 1. The van der Waals surface area contributed by atoms with Crippen molar-refractivity contribution in [3.63, 3.8) is 0 Å². The summed E-state index contributed by atoms with van der Waals surface area (Å²) in [6.45, 7) is 0.330. The molecule has 7 nitrogen and oxygen atoms in total. The van der Waals surface area contributed by atoms with E-state index >= 15 is 0 Å². The molecule has 0 aromatic heterocycles. The van der Waals surface area contributed by atoms with Gasteiger partial charge in [-0.1, -0.05) is 12.1 Å². The molecule has 0 radical (unpaired) electrons. The highest BCUT2D eigenvalue weighted by Crippen LogP contribution is 2.28. The van der Waals surface area contributed by atoms with E-state index in [1.807, 2.05) is 0 Å². The summed E-state index contributed by atoms with van der Waals surface area (Å²) < 4.78 is 14.1. The van der Waals surface area contributed by atoms with Crippen molar-refractivity contribution in [2.45, 2.75) is 18.9 Å². The van der Waals surface area contributed by atoms with E-state index in [1.54, 1.807) is 30.3 Å². The molecule has 146 valence electrons. The van der Waals surface area contributed by atoms with Gasteiger partial charge in [0.05, 0.1) is 11.6 Å². The van der Waals surface area contributed by atoms with Gasteiger partial charge in [-0.2, -0.15) is 0 Å². The first-order valence-corrected chi connectivity index (χ1v) is 8.88. The molecule has 2 unspecified atom stereocenters. The zero-order valence-electron chi connectivity index (χ0n) is 15.1. The van der Waals surface area contributed by atoms with Crippen LogP contribution in [-0.2, 0) is 9.59 Å². The Balaban J connectivity index is 1.71. The molecular formula is C20H21FN4O3. The smallest absolute Gasteiger partial charge is 0.254 e.